The monoisotopic (exact) mass is 306 g/mol. The summed E-state index contributed by atoms with van der Waals surface area (Å²) < 4.78 is 5.02. The van der Waals surface area contributed by atoms with E-state index in [1.54, 1.807) is 30.7 Å². The van der Waals surface area contributed by atoms with Gasteiger partial charge in [0.25, 0.3) is 0 Å². The molecule has 2 aromatic rings. The van der Waals surface area contributed by atoms with E-state index in [2.05, 4.69) is 10.6 Å². The molecule has 0 aliphatic carbocycles. The highest BCUT2D eigenvalue weighted by Crippen LogP contribution is 2.23. The Hall–Kier alpha value is -2.38. The minimum Gasteiger partial charge on any atom is -0.478 e. The van der Waals surface area contributed by atoms with Gasteiger partial charge in [0.15, 0.2) is 0 Å². The van der Waals surface area contributed by atoms with Crippen molar-refractivity contribution in [3.8, 4) is 0 Å². The number of carboxylic acid groups (broad SMARTS) is 1. The number of carboxylic acids is 1. The quantitative estimate of drug-likeness (QED) is 0.791. The first kappa shape index (κ1) is 15.0. The van der Waals surface area contributed by atoms with E-state index in [-0.39, 0.29) is 5.56 Å². The number of thiophene rings is 1. The number of hydrogen-bond donors (Lipinski definition) is 3. The van der Waals surface area contributed by atoms with Gasteiger partial charge in [-0.05, 0) is 29.1 Å². The van der Waals surface area contributed by atoms with Crippen LogP contribution < -0.4 is 10.6 Å². The summed E-state index contributed by atoms with van der Waals surface area (Å²) in [7, 11) is 1.59. The molecule has 6 nitrogen and oxygen atoms in total. The first-order chi connectivity index (χ1) is 10.1. The van der Waals surface area contributed by atoms with Crippen LogP contribution in [0.4, 0.5) is 15.5 Å². The van der Waals surface area contributed by atoms with Crippen LogP contribution in [0.2, 0.25) is 0 Å². The Bertz CT molecular complexity index is 654. The number of carbonyl (C=O) groups is 2. The van der Waals surface area contributed by atoms with Crippen LogP contribution in [0.3, 0.4) is 0 Å². The average Bonchev–Trinajstić information content (AvgIpc) is 2.87. The lowest BCUT2D eigenvalue weighted by Gasteiger charge is -2.08. The zero-order chi connectivity index (χ0) is 15.2. The SMILES string of the molecule is COCc1cccc(NC(=O)Nc2sccc2C(=O)O)c1. The first-order valence-corrected chi connectivity index (χ1v) is 6.95. The summed E-state index contributed by atoms with van der Waals surface area (Å²) in [6, 6.07) is 8.17. The normalized spacial score (nSPS) is 10.1. The molecule has 1 aromatic carbocycles. The molecule has 3 N–H and O–H groups in total. The molecule has 0 fully saturated rings. The Kier molecular flexibility index (Phi) is 4.91. The Morgan fingerprint density at radius 1 is 1.29 bits per heavy atom. The molecule has 0 spiro atoms. The molecule has 21 heavy (non-hydrogen) atoms. The Morgan fingerprint density at radius 3 is 2.81 bits per heavy atom. The Balaban J connectivity index is 2.03. The largest absolute Gasteiger partial charge is 0.478 e. The number of aromatic carboxylic acids is 1. The highest BCUT2D eigenvalue weighted by molar-refractivity contribution is 7.14. The van der Waals surface area contributed by atoms with Gasteiger partial charge in [-0.25, -0.2) is 9.59 Å². The van der Waals surface area contributed by atoms with Crippen LogP contribution in [-0.2, 0) is 11.3 Å². The van der Waals surface area contributed by atoms with E-state index in [1.807, 2.05) is 6.07 Å². The minimum absolute atomic E-state index is 0.0725. The van der Waals surface area contributed by atoms with Crippen molar-refractivity contribution in [2.45, 2.75) is 6.61 Å². The molecule has 0 bridgehead atoms. The van der Waals surface area contributed by atoms with E-state index in [1.165, 1.54) is 6.07 Å². The van der Waals surface area contributed by atoms with E-state index in [4.69, 9.17) is 9.84 Å². The molecule has 2 rings (SSSR count). The second-order valence-electron chi connectivity index (χ2n) is 4.18. The maximum atomic E-state index is 11.9. The lowest BCUT2D eigenvalue weighted by atomic mass is 10.2. The van der Waals surface area contributed by atoms with Gasteiger partial charge in [-0.1, -0.05) is 12.1 Å². The summed E-state index contributed by atoms with van der Waals surface area (Å²) in [6.45, 7) is 0.450. The number of methoxy groups -OCH3 is 1. The number of benzene rings is 1. The van der Waals surface area contributed by atoms with Gasteiger partial charge in [-0.2, -0.15) is 0 Å². The third-order valence-corrected chi connectivity index (χ3v) is 3.45. The van der Waals surface area contributed by atoms with Crippen molar-refractivity contribution >= 4 is 34.0 Å². The standard InChI is InChI=1S/C14H14N2O4S/c1-20-8-9-3-2-4-10(7-9)15-14(19)16-12-11(13(17)18)5-6-21-12/h2-7H,8H2,1H3,(H,17,18)(H2,15,16,19). The summed E-state index contributed by atoms with van der Waals surface area (Å²) in [5.41, 5.74) is 1.61. The van der Waals surface area contributed by atoms with Crippen molar-refractivity contribution in [1.29, 1.82) is 0 Å². The molecule has 0 atom stereocenters. The fourth-order valence-corrected chi connectivity index (χ4v) is 2.52. The smallest absolute Gasteiger partial charge is 0.338 e. The summed E-state index contributed by atoms with van der Waals surface area (Å²) in [5.74, 6) is -1.08. The van der Waals surface area contributed by atoms with Gasteiger partial charge in [0.05, 0.1) is 12.2 Å². The number of urea groups is 1. The molecule has 2 amide bonds. The summed E-state index contributed by atoms with van der Waals surface area (Å²) in [5, 5.41) is 16.1. The number of carbonyl (C=O) groups excluding carboxylic acids is 1. The van der Waals surface area contributed by atoms with Crippen molar-refractivity contribution in [1.82, 2.24) is 0 Å². The summed E-state index contributed by atoms with van der Waals surface area (Å²) >= 11 is 1.16. The number of hydrogen-bond acceptors (Lipinski definition) is 4. The summed E-state index contributed by atoms with van der Waals surface area (Å²) in [6.07, 6.45) is 0. The van der Waals surface area contributed by atoms with E-state index in [0.29, 0.717) is 17.3 Å². The zero-order valence-corrected chi connectivity index (χ0v) is 12.1. The van der Waals surface area contributed by atoms with Gasteiger partial charge in [-0.3, -0.25) is 5.32 Å². The number of ether oxygens (including phenoxy) is 1. The minimum atomic E-state index is -1.08. The Labute approximate surface area is 125 Å². The van der Waals surface area contributed by atoms with E-state index in [0.717, 1.165) is 16.9 Å². The Morgan fingerprint density at radius 2 is 2.10 bits per heavy atom. The van der Waals surface area contributed by atoms with Gasteiger partial charge in [0, 0.05) is 12.8 Å². The molecule has 110 valence electrons. The maximum absolute atomic E-state index is 11.9. The van der Waals surface area contributed by atoms with E-state index < -0.39 is 12.0 Å². The van der Waals surface area contributed by atoms with Crippen LogP contribution in [-0.4, -0.2) is 24.2 Å². The molecule has 1 heterocycles. The lowest BCUT2D eigenvalue weighted by Crippen LogP contribution is -2.20. The fraction of sp³-hybridized carbons (Fsp3) is 0.143. The number of amides is 2. The third kappa shape index (κ3) is 4.04. The molecule has 0 aliphatic heterocycles. The van der Waals surface area contributed by atoms with Crippen LogP contribution >= 0.6 is 11.3 Å². The van der Waals surface area contributed by atoms with Gasteiger partial charge < -0.3 is 15.2 Å². The topological polar surface area (TPSA) is 87.7 Å². The summed E-state index contributed by atoms with van der Waals surface area (Å²) in [4.78, 5) is 22.8. The second kappa shape index (κ2) is 6.87. The van der Waals surface area contributed by atoms with Crippen LogP contribution in [0.5, 0.6) is 0 Å². The van der Waals surface area contributed by atoms with Gasteiger partial charge in [0.2, 0.25) is 0 Å². The van der Waals surface area contributed by atoms with Gasteiger partial charge in [0.1, 0.15) is 5.00 Å². The van der Waals surface area contributed by atoms with Crippen LogP contribution in [0.25, 0.3) is 0 Å². The van der Waals surface area contributed by atoms with Crippen LogP contribution in [0.1, 0.15) is 15.9 Å². The van der Waals surface area contributed by atoms with E-state index in [9.17, 15) is 9.59 Å². The highest BCUT2D eigenvalue weighted by atomic mass is 32.1. The van der Waals surface area contributed by atoms with Crippen molar-refractivity contribution in [2.24, 2.45) is 0 Å². The molecule has 0 aliphatic rings. The average molecular weight is 306 g/mol. The van der Waals surface area contributed by atoms with Crippen molar-refractivity contribution < 1.29 is 19.4 Å². The van der Waals surface area contributed by atoms with Gasteiger partial charge >= 0.3 is 12.0 Å². The number of anilines is 2. The lowest BCUT2D eigenvalue weighted by molar-refractivity contribution is 0.0698. The second-order valence-corrected chi connectivity index (χ2v) is 5.10. The van der Waals surface area contributed by atoms with Crippen molar-refractivity contribution in [2.75, 3.05) is 17.7 Å². The van der Waals surface area contributed by atoms with Crippen molar-refractivity contribution in [3.63, 3.8) is 0 Å². The predicted molar refractivity (Wildman–Crippen MR) is 81.1 cm³/mol. The first-order valence-electron chi connectivity index (χ1n) is 6.07. The molecule has 1 aromatic heterocycles. The molecule has 0 saturated heterocycles. The maximum Gasteiger partial charge on any atom is 0.338 e. The zero-order valence-electron chi connectivity index (χ0n) is 11.3. The van der Waals surface area contributed by atoms with Gasteiger partial charge in [-0.15, -0.1) is 11.3 Å². The molecular formula is C14H14N2O4S. The molecule has 7 heteroatoms. The van der Waals surface area contributed by atoms with Crippen LogP contribution in [0.15, 0.2) is 35.7 Å². The molecule has 0 radical (unpaired) electrons. The molecule has 0 unspecified atom stereocenters. The number of nitrogens with one attached hydrogen (secondary N) is 2. The molecule has 0 saturated carbocycles. The van der Waals surface area contributed by atoms with Crippen molar-refractivity contribution in [3.05, 3.63) is 46.8 Å². The van der Waals surface area contributed by atoms with Crippen LogP contribution in [0, 0.1) is 0 Å². The number of rotatable bonds is 5. The fourth-order valence-electron chi connectivity index (χ4n) is 1.75. The molecular weight excluding hydrogens is 292 g/mol. The highest BCUT2D eigenvalue weighted by Gasteiger charge is 2.13. The van der Waals surface area contributed by atoms with E-state index >= 15 is 0 Å². The predicted octanol–water partition coefficient (Wildman–Crippen LogP) is 3.24. The third-order valence-electron chi connectivity index (χ3n) is 2.62.